The molecule has 0 unspecified atom stereocenters. The second-order valence-electron chi connectivity index (χ2n) is 4.64. The summed E-state index contributed by atoms with van der Waals surface area (Å²) in [5.74, 6) is 0.251. The highest BCUT2D eigenvalue weighted by Gasteiger charge is 2.13. The van der Waals surface area contributed by atoms with E-state index in [2.05, 4.69) is 11.7 Å². The third-order valence-electron chi connectivity index (χ3n) is 1.87. The van der Waals surface area contributed by atoms with Crippen molar-refractivity contribution in [1.82, 2.24) is 0 Å². The van der Waals surface area contributed by atoms with Gasteiger partial charge >= 0.3 is 5.97 Å². The minimum atomic E-state index is -0.146. The van der Waals surface area contributed by atoms with E-state index in [1.807, 2.05) is 20.8 Å². The Kier molecular flexibility index (Phi) is 5.77. The van der Waals surface area contributed by atoms with Crippen LogP contribution in [-0.2, 0) is 14.3 Å². The summed E-state index contributed by atoms with van der Waals surface area (Å²) in [4.78, 5) is 10.9. The van der Waals surface area contributed by atoms with E-state index < -0.39 is 0 Å². The third-order valence-corrected chi connectivity index (χ3v) is 1.87. The molecule has 84 valence electrons. The number of hydrogen-bond acceptors (Lipinski definition) is 3. The average Bonchev–Trinajstić information content (AvgIpc) is 2.09. The van der Waals surface area contributed by atoms with E-state index in [0.717, 1.165) is 6.42 Å². The largest absolute Gasteiger partial charge is 0.469 e. The molecule has 0 saturated heterocycles. The molecule has 14 heavy (non-hydrogen) atoms. The zero-order chi connectivity index (χ0) is 11.2. The lowest BCUT2D eigenvalue weighted by molar-refractivity contribution is -0.141. The van der Waals surface area contributed by atoms with Crippen LogP contribution < -0.4 is 0 Å². The first-order valence-electron chi connectivity index (χ1n) is 5.06. The Bertz CT molecular complexity index is 170. The van der Waals surface area contributed by atoms with E-state index in [1.165, 1.54) is 7.11 Å². The van der Waals surface area contributed by atoms with Crippen LogP contribution in [0.25, 0.3) is 0 Å². The Balaban J connectivity index is 3.56. The maximum atomic E-state index is 10.9. The van der Waals surface area contributed by atoms with Crippen LogP contribution in [0.1, 0.15) is 40.5 Å². The van der Waals surface area contributed by atoms with E-state index in [9.17, 15) is 4.79 Å². The number of ether oxygens (including phenoxy) is 2. The predicted molar refractivity (Wildman–Crippen MR) is 56.1 cm³/mol. The first kappa shape index (κ1) is 13.4. The molecule has 0 aliphatic carbocycles. The standard InChI is InChI=1S/C11H22O3/c1-9(6-7-10(12)13-5)8-14-11(2,3)4/h9H,6-8H2,1-5H3/t9-/m0/s1. The van der Waals surface area contributed by atoms with Crippen molar-refractivity contribution < 1.29 is 14.3 Å². The summed E-state index contributed by atoms with van der Waals surface area (Å²) in [6, 6.07) is 0. The highest BCUT2D eigenvalue weighted by atomic mass is 16.5. The molecular weight excluding hydrogens is 180 g/mol. The zero-order valence-electron chi connectivity index (χ0n) is 9.92. The van der Waals surface area contributed by atoms with Crippen molar-refractivity contribution in [3.8, 4) is 0 Å². The quantitative estimate of drug-likeness (QED) is 0.642. The molecule has 0 bridgehead atoms. The second kappa shape index (κ2) is 6.02. The Morgan fingerprint density at radius 3 is 2.36 bits per heavy atom. The topological polar surface area (TPSA) is 35.5 Å². The molecule has 0 heterocycles. The minimum absolute atomic E-state index is 0.0977. The van der Waals surface area contributed by atoms with Crippen molar-refractivity contribution in [2.24, 2.45) is 5.92 Å². The van der Waals surface area contributed by atoms with Gasteiger partial charge in [0.2, 0.25) is 0 Å². The van der Waals surface area contributed by atoms with Gasteiger partial charge in [-0.1, -0.05) is 6.92 Å². The summed E-state index contributed by atoms with van der Waals surface area (Å²) < 4.78 is 10.2. The lowest BCUT2D eigenvalue weighted by Crippen LogP contribution is -2.23. The fourth-order valence-corrected chi connectivity index (χ4v) is 0.942. The van der Waals surface area contributed by atoms with E-state index in [0.29, 0.717) is 18.9 Å². The number of hydrogen-bond donors (Lipinski definition) is 0. The lowest BCUT2D eigenvalue weighted by Gasteiger charge is -2.22. The monoisotopic (exact) mass is 202 g/mol. The van der Waals surface area contributed by atoms with Gasteiger partial charge < -0.3 is 9.47 Å². The molecule has 0 aromatic heterocycles. The van der Waals surface area contributed by atoms with Gasteiger partial charge in [0.15, 0.2) is 0 Å². The molecule has 0 N–H and O–H groups in total. The van der Waals surface area contributed by atoms with E-state index in [1.54, 1.807) is 0 Å². The molecule has 0 aromatic rings. The van der Waals surface area contributed by atoms with Gasteiger partial charge in [-0.25, -0.2) is 0 Å². The lowest BCUT2D eigenvalue weighted by atomic mass is 10.1. The van der Waals surface area contributed by atoms with Gasteiger partial charge in [0.25, 0.3) is 0 Å². The molecule has 0 radical (unpaired) electrons. The molecule has 3 nitrogen and oxygen atoms in total. The molecule has 3 heteroatoms. The van der Waals surface area contributed by atoms with Crippen molar-refractivity contribution in [2.45, 2.75) is 46.1 Å². The third kappa shape index (κ3) is 8.05. The van der Waals surface area contributed by atoms with Crippen LogP contribution in [0.2, 0.25) is 0 Å². The number of carbonyl (C=O) groups is 1. The summed E-state index contributed by atoms with van der Waals surface area (Å²) in [5.41, 5.74) is -0.0977. The number of esters is 1. The van der Waals surface area contributed by atoms with Crippen molar-refractivity contribution in [1.29, 1.82) is 0 Å². The Labute approximate surface area is 86.8 Å². The molecule has 0 fully saturated rings. The molecule has 0 rings (SSSR count). The Morgan fingerprint density at radius 1 is 1.36 bits per heavy atom. The molecule has 0 aliphatic rings. The van der Waals surface area contributed by atoms with Gasteiger partial charge in [0, 0.05) is 13.0 Å². The molecular formula is C11H22O3. The van der Waals surface area contributed by atoms with Crippen LogP contribution in [0.15, 0.2) is 0 Å². The van der Waals surface area contributed by atoms with Gasteiger partial charge in [-0.15, -0.1) is 0 Å². The second-order valence-corrected chi connectivity index (χ2v) is 4.64. The summed E-state index contributed by atoms with van der Waals surface area (Å²) in [7, 11) is 1.42. The Hall–Kier alpha value is -0.570. The van der Waals surface area contributed by atoms with Crippen molar-refractivity contribution >= 4 is 5.97 Å². The van der Waals surface area contributed by atoms with E-state index in [4.69, 9.17) is 4.74 Å². The summed E-state index contributed by atoms with van der Waals surface area (Å²) in [6.07, 6.45) is 1.30. The molecule has 0 saturated carbocycles. The van der Waals surface area contributed by atoms with Crippen molar-refractivity contribution in [3.05, 3.63) is 0 Å². The van der Waals surface area contributed by atoms with Crippen LogP contribution in [-0.4, -0.2) is 25.3 Å². The van der Waals surface area contributed by atoms with Gasteiger partial charge in [-0.3, -0.25) is 4.79 Å². The molecule has 0 spiro atoms. The number of methoxy groups -OCH3 is 1. The van der Waals surface area contributed by atoms with Gasteiger partial charge in [-0.05, 0) is 33.1 Å². The summed E-state index contributed by atoms with van der Waals surface area (Å²) in [6.45, 7) is 8.86. The van der Waals surface area contributed by atoms with Crippen LogP contribution in [0.3, 0.4) is 0 Å². The maximum absolute atomic E-state index is 10.9. The van der Waals surface area contributed by atoms with Crippen LogP contribution in [0.4, 0.5) is 0 Å². The number of carbonyl (C=O) groups excluding carboxylic acids is 1. The molecule has 0 aliphatic heterocycles. The summed E-state index contributed by atoms with van der Waals surface area (Å²) in [5, 5.41) is 0. The van der Waals surface area contributed by atoms with Crippen LogP contribution in [0.5, 0.6) is 0 Å². The molecule has 0 aromatic carbocycles. The smallest absolute Gasteiger partial charge is 0.305 e. The normalized spacial score (nSPS) is 13.8. The minimum Gasteiger partial charge on any atom is -0.469 e. The fraction of sp³-hybridized carbons (Fsp3) is 0.909. The average molecular weight is 202 g/mol. The van der Waals surface area contributed by atoms with Gasteiger partial charge in [-0.2, -0.15) is 0 Å². The van der Waals surface area contributed by atoms with Gasteiger partial charge in [0.05, 0.1) is 12.7 Å². The first-order chi connectivity index (χ1) is 6.35. The molecule has 1 atom stereocenters. The van der Waals surface area contributed by atoms with Crippen molar-refractivity contribution in [3.63, 3.8) is 0 Å². The fourth-order valence-electron chi connectivity index (χ4n) is 0.942. The van der Waals surface area contributed by atoms with Gasteiger partial charge in [0.1, 0.15) is 0 Å². The predicted octanol–water partition coefficient (Wildman–Crippen LogP) is 2.39. The summed E-state index contributed by atoms with van der Waals surface area (Å²) >= 11 is 0. The maximum Gasteiger partial charge on any atom is 0.305 e. The van der Waals surface area contributed by atoms with Crippen LogP contribution in [0, 0.1) is 5.92 Å². The SMILES string of the molecule is COC(=O)CC[C@H](C)COC(C)(C)C. The zero-order valence-corrected chi connectivity index (χ0v) is 9.92. The van der Waals surface area contributed by atoms with E-state index >= 15 is 0 Å². The van der Waals surface area contributed by atoms with Crippen molar-refractivity contribution in [2.75, 3.05) is 13.7 Å². The van der Waals surface area contributed by atoms with E-state index in [-0.39, 0.29) is 11.6 Å². The highest BCUT2D eigenvalue weighted by molar-refractivity contribution is 5.69. The number of rotatable bonds is 5. The molecule has 0 amide bonds. The first-order valence-corrected chi connectivity index (χ1v) is 5.06. The van der Waals surface area contributed by atoms with Crippen LogP contribution >= 0.6 is 0 Å². The highest BCUT2D eigenvalue weighted by Crippen LogP contribution is 2.12. The Morgan fingerprint density at radius 2 is 1.93 bits per heavy atom.